The highest BCUT2D eigenvalue weighted by molar-refractivity contribution is 7.45. The Labute approximate surface area is 74.2 Å². The molecule has 0 unspecified atom stereocenters. The molecule has 0 rings (SSSR count). The standard InChI is InChI=1S/2Al.ClH.H3O4P.6H/c;;;1-5(2,3)4;;;;;;/h;;1H;(H3,1,2,3,4);;;;;;. The molecule has 0 spiro atoms. The quantitative estimate of drug-likeness (QED) is 0.286. The maximum atomic E-state index is 8.88. The summed E-state index contributed by atoms with van der Waals surface area (Å²) in [5.41, 5.74) is 0. The van der Waals surface area contributed by atoms with E-state index in [4.69, 9.17) is 19.2 Å². The van der Waals surface area contributed by atoms with Crippen LogP contribution in [0.2, 0.25) is 0 Å². The van der Waals surface area contributed by atoms with Crippen molar-refractivity contribution in [2.45, 2.75) is 0 Å². The molecule has 8 heavy (non-hydrogen) atoms. The van der Waals surface area contributed by atoms with Crippen LogP contribution in [0.3, 0.4) is 0 Å². The van der Waals surface area contributed by atoms with Crippen LogP contribution in [0.15, 0.2) is 0 Å². The van der Waals surface area contributed by atoms with E-state index < -0.39 is 7.82 Å². The molecule has 0 aliphatic heterocycles. The number of halogens is 1. The minimum Gasteiger partial charge on any atom is -0.303 e. The maximum Gasteiger partial charge on any atom is 0.466 e. The van der Waals surface area contributed by atoms with Crippen molar-refractivity contribution in [3.63, 3.8) is 0 Å². The van der Waals surface area contributed by atoms with Gasteiger partial charge in [-0.2, -0.15) is 0 Å². The van der Waals surface area contributed by atoms with Crippen molar-refractivity contribution in [2.24, 2.45) is 0 Å². The van der Waals surface area contributed by atoms with Crippen LogP contribution in [0.25, 0.3) is 0 Å². The summed E-state index contributed by atoms with van der Waals surface area (Å²) in [6.07, 6.45) is 0. The fourth-order valence-corrected chi connectivity index (χ4v) is 0. The lowest BCUT2D eigenvalue weighted by atomic mass is 15.8. The van der Waals surface area contributed by atoms with Crippen LogP contribution >= 0.6 is 20.2 Å². The Morgan fingerprint density at radius 2 is 1.00 bits per heavy atom. The van der Waals surface area contributed by atoms with E-state index in [1.165, 1.54) is 0 Å². The first-order chi connectivity index (χ1) is 2.00. The van der Waals surface area contributed by atoms with Crippen LogP contribution < -0.4 is 0 Å². The third-order valence-corrected chi connectivity index (χ3v) is 0. The van der Waals surface area contributed by atoms with Gasteiger partial charge in [-0.3, -0.25) is 0 Å². The van der Waals surface area contributed by atoms with Gasteiger partial charge in [0.15, 0.2) is 34.7 Å². The predicted octanol–water partition coefficient (Wildman–Crippen LogP) is -2.87. The van der Waals surface area contributed by atoms with Crippen molar-refractivity contribution < 1.29 is 19.2 Å². The summed E-state index contributed by atoms with van der Waals surface area (Å²) in [5, 5.41) is 0. The first-order valence-corrected chi connectivity index (χ1v) is 2.35. The van der Waals surface area contributed by atoms with Gasteiger partial charge in [0.25, 0.3) is 0 Å². The van der Waals surface area contributed by atoms with Crippen molar-refractivity contribution in [3.8, 4) is 0 Å². The highest BCUT2D eigenvalue weighted by atomic mass is 35.5. The van der Waals surface area contributed by atoms with Crippen LogP contribution in [0, 0.1) is 0 Å². The van der Waals surface area contributed by atoms with Crippen molar-refractivity contribution >= 4 is 55.0 Å². The second-order valence-corrected chi connectivity index (χ2v) is 1.54. The third kappa shape index (κ3) is 145. The molecule has 0 heterocycles. The molecule has 0 aromatic rings. The summed E-state index contributed by atoms with van der Waals surface area (Å²) in [4.78, 5) is 21.6. The lowest BCUT2D eigenvalue weighted by molar-refractivity contribution is 0.275. The minimum absolute atomic E-state index is 0. The lowest BCUT2D eigenvalue weighted by Crippen LogP contribution is -1.66. The smallest absolute Gasteiger partial charge is 0.303 e. The zero-order chi connectivity index (χ0) is 4.50. The largest absolute Gasteiger partial charge is 0.466 e. The average Bonchev–Trinajstić information content (AvgIpc) is 0.722. The zero-order valence-electron chi connectivity index (χ0n) is 2.61. The first kappa shape index (κ1) is 22.7. The van der Waals surface area contributed by atoms with E-state index in [-0.39, 0.29) is 47.1 Å². The molecule has 52 valence electrons. The molecule has 0 aromatic heterocycles. The van der Waals surface area contributed by atoms with Gasteiger partial charge in [0, 0.05) is 0 Å². The molecule has 0 saturated carbocycles. The van der Waals surface area contributed by atoms with E-state index >= 15 is 0 Å². The molecule has 0 bridgehead atoms. The van der Waals surface area contributed by atoms with Crippen LogP contribution in [0.4, 0.5) is 0 Å². The van der Waals surface area contributed by atoms with Crippen LogP contribution in [-0.2, 0) is 4.57 Å². The van der Waals surface area contributed by atoms with Gasteiger partial charge in [0.2, 0.25) is 0 Å². The van der Waals surface area contributed by atoms with Gasteiger partial charge in [-0.1, -0.05) is 0 Å². The van der Waals surface area contributed by atoms with E-state index in [1.54, 1.807) is 0 Å². The maximum absolute atomic E-state index is 8.88. The SMILES string of the molecule is Cl.O=P(O)(O)O.[AlH3].[AlH3]. The minimum atomic E-state index is -4.64. The molecule has 0 aliphatic rings. The number of hydrogen-bond acceptors (Lipinski definition) is 1. The molecule has 0 aliphatic carbocycles. The van der Waals surface area contributed by atoms with E-state index in [0.29, 0.717) is 0 Å². The van der Waals surface area contributed by atoms with Gasteiger partial charge in [-0.25, -0.2) is 4.57 Å². The topological polar surface area (TPSA) is 77.8 Å². The van der Waals surface area contributed by atoms with Gasteiger partial charge in [0.1, 0.15) is 0 Å². The summed E-state index contributed by atoms with van der Waals surface area (Å²) < 4.78 is 8.88. The Morgan fingerprint density at radius 1 is 1.00 bits per heavy atom. The molecular formula is H10Al2ClO4P. The number of hydrogen-bond donors (Lipinski definition) is 3. The molecule has 0 radical (unpaired) electrons. The van der Waals surface area contributed by atoms with E-state index in [2.05, 4.69) is 0 Å². The Balaban J connectivity index is -0.0000000267. The molecule has 0 fully saturated rings. The van der Waals surface area contributed by atoms with Crippen molar-refractivity contribution in [1.29, 1.82) is 0 Å². The van der Waals surface area contributed by atoms with Gasteiger partial charge in [-0.15, -0.1) is 12.4 Å². The molecule has 0 atom stereocenters. The second kappa shape index (κ2) is 8.46. The molecule has 3 N–H and O–H groups in total. The summed E-state index contributed by atoms with van der Waals surface area (Å²) >= 11 is 0. The molecular weight excluding hydrogens is 184 g/mol. The Kier molecular flexibility index (Phi) is 24.0. The molecule has 0 saturated heterocycles. The monoisotopic (exact) mass is 194 g/mol. The van der Waals surface area contributed by atoms with Gasteiger partial charge in [-0.05, 0) is 0 Å². The van der Waals surface area contributed by atoms with E-state index in [0.717, 1.165) is 0 Å². The van der Waals surface area contributed by atoms with Gasteiger partial charge in [0.05, 0.1) is 0 Å². The molecule has 0 amide bonds. The fraction of sp³-hybridized carbons (Fsp3) is 0. The Hall–Kier alpha value is 1.46. The summed E-state index contributed by atoms with van der Waals surface area (Å²) in [6, 6.07) is 0. The summed E-state index contributed by atoms with van der Waals surface area (Å²) in [5.74, 6) is 0. The zero-order valence-corrected chi connectivity index (χ0v) is 4.32. The van der Waals surface area contributed by atoms with Crippen molar-refractivity contribution in [2.75, 3.05) is 0 Å². The highest BCUT2D eigenvalue weighted by Gasteiger charge is 2.00. The van der Waals surface area contributed by atoms with Crippen LogP contribution in [0.5, 0.6) is 0 Å². The molecule has 4 nitrogen and oxygen atoms in total. The lowest BCUT2D eigenvalue weighted by Gasteiger charge is -1.82. The second-order valence-electron chi connectivity index (χ2n) is 0.513. The van der Waals surface area contributed by atoms with E-state index in [1.807, 2.05) is 0 Å². The summed E-state index contributed by atoms with van der Waals surface area (Å²) in [7, 11) is -4.64. The molecule has 8 heteroatoms. The Bertz CT molecular complexity index is 60.2. The van der Waals surface area contributed by atoms with Gasteiger partial charge >= 0.3 is 7.82 Å². The van der Waals surface area contributed by atoms with E-state index in [9.17, 15) is 0 Å². The normalized spacial score (nSPS) is 7.38. The van der Waals surface area contributed by atoms with Crippen LogP contribution in [0.1, 0.15) is 0 Å². The average molecular weight is 194 g/mol. The highest BCUT2D eigenvalue weighted by Crippen LogP contribution is 2.25. The predicted molar refractivity (Wildman–Crippen MR) is 41.4 cm³/mol. The van der Waals surface area contributed by atoms with Crippen molar-refractivity contribution in [1.82, 2.24) is 0 Å². The van der Waals surface area contributed by atoms with Gasteiger partial charge < -0.3 is 14.7 Å². The Morgan fingerprint density at radius 3 is 1.00 bits per heavy atom. The molecule has 0 aromatic carbocycles. The van der Waals surface area contributed by atoms with Crippen molar-refractivity contribution in [3.05, 3.63) is 0 Å². The van der Waals surface area contributed by atoms with Crippen LogP contribution in [-0.4, -0.2) is 49.4 Å². The summed E-state index contributed by atoms with van der Waals surface area (Å²) in [6.45, 7) is 0. The fourth-order valence-electron chi connectivity index (χ4n) is 0. The first-order valence-electron chi connectivity index (χ1n) is 0.783. The number of phosphoric acid groups is 1. The third-order valence-electron chi connectivity index (χ3n) is 0. The number of rotatable bonds is 0.